The van der Waals surface area contributed by atoms with Gasteiger partial charge in [0.25, 0.3) is 5.91 Å². The summed E-state index contributed by atoms with van der Waals surface area (Å²) in [5, 5.41) is 2.89. The molecule has 6 heteroatoms. The Morgan fingerprint density at radius 2 is 2.23 bits per heavy atom. The minimum absolute atomic E-state index is 0.243. The van der Waals surface area contributed by atoms with E-state index in [9.17, 15) is 9.59 Å². The average molecular weight is 300 g/mol. The van der Waals surface area contributed by atoms with Crippen LogP contribution >= 0.6 is 0 Å². The number of nitrogens with zero attached hydrogens (tertiary/aromatic N) is 1. The number of aromatic nitrogens is 2. The van der Waals surface area contributed by atoms with E-state index < -0.39 is 0 Å². The molecule has 0 unspecified atom stereocenters. The lowest BCUT2D eigenvalue weighted by atomic mass is 10.1. The molecule has 0 saturated carbocycles. The van der Waals surface area contributed by atoms with Gasteiger partial charge >= 0.3 is 5.69 Å². The molecule has 1 aromatic heterocycles. The number of hydrogen-bond acceptors (Lipinski definition) is 3. The normalized spacial score (nSPS) is 17.7. The Morgan fingerprint density at radius 1 is 1.41 bits per heavy atom. The highest BCUT2D eigenvalue weighted by atomic mass is 16.2. The summed E-state index contributed by atoms with van der Waals surface area (Å²) in [6.07, 6.45) is 2.45. The third-order valence-corrected chi connectivity index (χ3v) is 4.13. The number of benzene rings is 1. The van der Waals surface area contributed by atoms with Crippen LogP contribution in [0.5, 0.6) is 0 Å². The summed E-state index contributed by atoms with van der Waals surface area (Å²) < 4.78 is 0. The van der Waals surface area contributed by atoms with Gasteiger partial charge in [0.1, 0.15) is 5.69 Å². The van der Waals surface area contributed by atoms with Crippen LogP contribution in [0.25, 0.3) is 0 Å². The molecule has 116 valence electrons. The third kappa shape index (κ3) is 3.05. The highest BCUT2D eigenvalue weighted by Gasteiger charge is 2.24. The maximum atomic E-state index is 11.9. The Morgan fingerprint density at radius 3 is 2.95 bits per heavy atom. The standard InChI is InChI=1S/C16H20N4O2/c1-11-4-2-3-5-14(11)20-7-6-12(10-20)8-17-15(21)13-9-18-16(22)19-13/h2-5,9,12H,6-8,10H2,1H3,(H,17,21)(H2,18,19,22)/t12-/m0/s1. The van der Waals surface area contributed by atoms with Crippen molar-refractivity contribution in [2.45, 2.75) is 13.3 Å². The minimum Gasteiger partial charge on any atom is -0.371 e. The molecular weight excluding hydrogens is 280 g/mol. The average Bonchev–Trinajstić information content (AvgIpc) is 3.14. The number of anilines is 1. The molecule has 1 aliphatic rings. The molecule has 1 fully saturated rings. The van der Waals surface area contributed by atoms with E-state index in [1.54, 1.807) is 0 Å². The lowest BCUT2D eigenvalue weighted by Crippen LogP contribution is -2.31. The molecule has 22 heavy (non-hydrogen) atoms. The van der Waals surface area contributed by atoms with Gasteiger partial charge in [0.05, 0.1) is 0 Å². The van der Waals surface area contributed by atoms with Crippen LogP contribution < -0.4 is 15.9 Å². The third-order valence-electron chi connectivity index (χ3n) is 4.13. The SMILES string of the molecule is Cc1ccccc1N1CC[C@@H](CNC(=O)c2c[nH]c(=O)[nH]2)C1. The van der Waals surface area contributed by atoms with Gasteiger partial charge in [0, 0.05) is 31.5 Å². The summed E-state index contributed by atoms with van der Waals surface area (Å²) in [5.74, 6) is 0.182. The summed E-state index contributed by atoms with van der Waals surface area (Å²) >= 11 is 0. The van der Waals surface area contributed by atoms with Crippen molar-refractivity contribution in [2.24, 2.45) is 5.92 Å². The summed E-state index contributed by atoms with van der Waals surface area (Å²) in [5.41, 5.74) is 2.46. The smallest absolute Gasteiger partial charge is 0.323 e. The molecule has 3 N–H and O–H groups in total. The molecular formula is C16H20N4O2. The quantitative estimate of drug-likeness (QED) is 0.795. The lowest BCUT2D eigenvalue weighted by Gasteiger charge is -2.21. The monoisotopic (exact) mass is 300 g/mol. The van der Waals surface area contributed by atoms with E-state index in [-0.39, 0.29) is 17.3 Å². The highest BCUT2D eigenvalue weighted by molar-refractivity contribution is 5.91. The maximum Gasteiger partial charge on any atom is 0.323 e. The summed E-state index contributed by atoms with van der Waals surface area (Å²) in [7, 11) is 0. The van der Waals surface area contributed by atoms with Crippen LogP contribution in [0.2, 0.25) is 0 Å². The molecule has 2 aromatic rings. The number of carbonyl (C=O) groups excluding carboxylic acids is 1. The number of amides is 1. The van der Waals surface area contributed by atoms with Gasteiger partial charge in [-0.05, 0) is 30.9 Å². The number of para-hydroxylation sites is 1. The molecule has 6 nitrogen and oxygen atoms in total. The van der Waals surface area contributed by atoms with Gasteiger partial charge in [-0.15, -0.1) is 0 Å². The van der Waals surface area contributed by atoms with Crippen LogP contribution in [-0.2, 0) is 0 Å². The van der Waals surface area contributed by atoms with Crippen LogP contribution in [0.15, 0.2) is 35.3 Å². The molecule has 3 rings (SSSR count). The molecule has 0 radical (unpaired) electrons. The van der Waals surface area contributed by atoms with Crippen LogP contribution in [-0.4, -0.2) is 35.5 Å². The van der Waals surface area contributed by atoms with Crippen molar-refractivity contribution in [3.63, 3.8) is 0 Å². The van der Waals surface area contributed by atoms with Gasteiger partial charge < -0.3 is 20.2 Å². The first-order valence-electron chi connectivity index (χ1n) is 7.50. The largest absolute Gasteiger partial charge is 0.371 e. The van der Waals surface area contributed by atoms with Crippen LogP contribution in [0.3, 0.4) is 0 Å². The zero-order valence-corrected chi connectivity index (χ0v) is 12.6. The molecule has 1 amide bonds. The van der Waals surface area contributed by atoms with Gasteiger partial charge in [-0.25, -0.2) is 4.79 Å². The van der Waals surface area contributed by atoms with Crippen LogP contribution in [0, 0.1) is 12.8 Å². The zero-order valence-electron chi connectivity index (χ0n) is 12.6. The van der Waals surface area contributed by atoms with Gasteiger partial charge in [-0.2, -0.15) is 0 Å². The highest BCUT2D eigenvalue weighted by Crippen LogP contribution is 2.26. The summed E-state index contributed by atoms with van der Waals surface area (Å²) in [4.78, 5) is 30.2. The number of hydrogen-bond donors (Lipinski definition) is 3. The zero-order chi connectivity index (χ0) is 15.5. The molecule has 0 bridgehead atoms. The number of aromatic amines is 2. The predicted molar refractivity (Wildman–Crippen MR) is 85.2 cm³/mol. The predicted octanol–water partition coefficient (Wildman–Crippen LogP) is 1.27. The van der Waals surface area contributed by atoms with Crippen molar-refractivity contribution in [1.82, 2.24) is 15.3 Å². The Bertz CT molecular complexity index is 719. The Kier molecular flexibility index (Phi) is 4.00. The molecule has 0 aliphatic carbocycles. The molecule has 1 aliphatic heterocycles. The Labute approximate surface area is 128 Å². The fourth-order valence-electron chi connectivity index (χ4n) is 2.92. The van der Waals surface area contributed by atoms with Crippen molar-refractivity contribution >= 4 is 11.6 Å². The number of aryl methyl sites for hydroxylation is 1. The minimum atomic E-state index is -0.364. The number of carbonyl (C=O) groups is 1. The Balaban J connectivity index is 1.54. The van der Waals surface area contributed by atoms with Crippen LogP contribution in [0.4, 0.5) is 5.69 Å². The van der Waals surface area contributed by atoms with Gasteiger partial charge in [-0.3, -0.25) is 4.79 Å². The maximum absolute atomic E-state index is 11.9. The van der Waals surface area contributed by atoms with E-state index in [0.29, 0.717) is 12.5 Å². The van der Waals surface area contributed by atoms with Crippen molar-refractivity contribution < 1.29 is 4.79 Å². The summed E-state index contributed by atoms with van der Waals surface area (Å²) in [6.45, 7) is 4.68. The van der Waals surface area contributed by atoms with E-state index in [1.165, 1.54) is 17.4 Å². The number of imidazole rings is 1. The number of H-pyrrole nitrogens is 2. The van der Waals surface area contributed by atoms with Crippen molar-refractivity contribution in [3.8, 4) is 0 Å². The Hall–Kier alpha value is -2.50. The topological polar surface area (TPSA) is 81.0 Å². The molecule has 1 aromatic carbocycles. The van der Waals surface area contributed by atoms with E-state index in [2.05, 4.69) is 45.3 Å². The second-order valence-corrected chi connectivity index (χ2v) is 5.75. The van der Waals surface area contributed by atoms with E-state index in [1.807, 2.05) is 6.07 Å². The van der Waals surface area contributed by atoms with Crippen LogP contribution in [0.1, 0.15) is 22.5 Å². The number of rotatable bonds is 4. The van der Waals surface area contributed by atoms with E-state index in [4.69, 9.17) is 0 Å². The first-order chi connectivity index (χ1) is 10.6. The molecule has 2 heterocycles. The van der Waals surface area contributed by atoms with Crippen molar-refractivity contribution in [2.75, 3.05) is 24.5 Å². The first-order valence-corrected chi connectivity index (χ1v) is 7.50. The van der Waals surface area contributed by atoms with E-state index in [0.717, 1.165) is 19.5 Å². The van der Waals surface area contributed by atoms with Gasteiger partial charge in [-0.1, -0.05) is 18.2 Å². The van der Waals surface area contributed by atoms with Gasteiger partial charge in [0.2, 0.25) is 0 Å². The van der Waals surface area contributed by atoms with E-state index >= 15 is 0 Å². The fourth-order valence-corrected chi connectivity index (χ4v) is 2.92. The number of nitrogens with one attached hydrogen (secondary N) is 3. The van der Waals surface area contributed by atoms with Gasteiger partial charge in [0.15, 0.2) is 0 Å². The van der Waals surface area contributed by atoms with Crippen molar-refractivity contribution in [1.29, 1.82) is 0 Å². The summed E-state index contributed by atoms with van der Waals surface area (Å²) in [6, 6.07) is 8.36. The second kappa shape index (κ2) is 6.09. The molecule has 1 saturated heterocycles. The molecule has 1 atom stereocenters. The lowest BCUT2D eigenvalue weighted by molar-refractivity contribution is 0.0943. The van der Waals surface area contributed by atoms with Crippen molar-refractivity contribution in [3.05, 3.63) is 52.2 Å². The fraction of sp³-hybridized carbons (Fsp3) is 0.375. The second-order valence-electron chi connectivity index (χ2n) is 5.75. The first kappa shape index (κ1) is 14.4. The molecule has 0 spiro atoms.